The van der Waals surface area contributed by atoms with Crippen molar-refractivity contribution in [2.45, 2.75) is 97.2 Å². The van der Waals surface area contributed by atoms with Gasteiger partial charge < -0.3 is 15.3 Å². The molecule has 4 aliphatic carbocycles. The van der Waals surface area contributed by atoms with Crippen LogP contribution in [0.4, 0.5) is 0 Å². The van der Waals surface area contributed by atoms with E-state index < -0.39 is 5.97 Å². The Morgan fingerprint density at radius 3 is 2.50 bits per heavy atom. The van der Waals surface area contributed by atoms with Gasteiger partial charge in [-0.15, -0.1) is 0 Å². The lowest BCUT2D eigenvalue weighted by Gasteiger charge is -2.62. The first kappa shape index (κ1) is 20.7. The number of carboxylic acid groups (broad SMARTS) is 1. The Balaban J connectivity index is 1.56. The Morgan fingerprint density at radius 1 is 1.04 bits per heavy atom. The Kier molecular flexibility index (Phi) is 5.36. The lowest BCUT2D eigenvalue weighted by Crippen LogP contribution is -2.58. The first-order valence-corrected chi connectivity index (χ1v) is 11.8. The van der Waals surface area contributed by atoms with E-state index in [0.717, 1.165) is 38.5 Å². The molecule has 0 aromatic carbocycles. The lowest BCUT2D eigenvalue weighted by molar-refractivity contribution is -0.175. The third kappa shape index (κ3) is 3.05. The van der Waals surface area contributed by atoms with Crippen LogP contribution in [-0.4, -0.2) is 33.5 Å². The van der Waals surface area contributed by atoms with Gasteiger partial charge >= 0.3 is 5.97 Å². The average Bonchev–Trinajstić information content (AvgIpc) is 3.00. The summed E-state index contributed by atoms with van der Waals surface area (Å²) >= 11 is 0. The van der Waals surface area contributed by atoms with Crippen molar-refractivity contribution in [2.24, 2.45) is 46.3 Å². The topological polar surface area (TPSA) is 77.8 Å². The van der Waals surface area contributed by atoms with Gasteiger partial charge in [-0.3, -0.25) is 4.79 Å². The van der Waals surface area contributed by atoms with Crippen molar-refractivity contribution in [3.8, 4) is 0 Å². The van der Waals surface area contributed by atoms with E-state index >= 15 is 0 Å². The molecule has 160 valence electrons. The number of aliphatic carboxylic acids is 1. The molecule has 4 nitrogen and oxygen atoms in total. The van der Waals surface area contributed by atoms with E-state index in [-0.39, 0.29) is 29.5 Å². The van der Waals surface area contributed by atoms with Gasteiger partial charge in [0.1, 0.15) is 0 Å². The second kappa shape index (κ2) is 7.27. The summed E-state index contributed by atoms with van der Waals surface area (Å²) in [6, 6.07) is 0. The van der Waals surface area contributed by atoms with E-state index in [4.69, 9.17) is 5.11 Å². The van der Waals surface area contributed by atoms with Gasteiger partial charge in [-0.25, -0.2) is 0 Å². The summed E-state index contributed by atoms with van der Waals surface area (Å²) in [5.74, 6) is 2.55. The maximum atomic E-state index is 11.5. The van der Waals surface area contributed by atoms with Gasteiger partial charge in [0.15, 0.2) is 0 Å². The van der Waals surface area contributed by atoms with Crippen LogP contribution in [0.3, 0.4) is 0 Å². The summed E-state index contributed by atoms with van der Waals surface area (Å²) in [5.41, 5.74) is 0.216. The molecule has 0 aliphatic heterocycles. The number of aliphatic hydroxyl groups excluding tert-OH is 2. The molecule has 4 saturated carbocycles. The molecular formula is C24H40O4. The van der Waals surface area contributed by atoms with Crippen molar-refractivity contribution >= 4 is 5.97 Å². The maximum absolute atomic E-state index is 11.5. The number of fused-ring (bicyclic) bond motifs is 5. The van der Waals surface area contributed by atoms with Gasteiger partial charge in [0, 0.05) is 6.42 Å². The minimum Gasteiger partial charge on any atom is -0.481 e. The van der Waals surface area contributed by atoms with E-state index in [1.807, 2.05) is 0 Å². The first-order chi connectivity index (χ1) is 13.2. The van der Waals surface area contributed by atoms with Crippen LogP contribution in [-0.2, 0) is 4.79 Å². The summed E-state index contributed by atoms with van der Waals surface area (Å²) < 4.78 is 0. The van der Waals surface area contributed by atoms with E-state index in [0.29, 0.717) is 35.5 Å². The standard InChI is InChI=1S/C24H40O4/c1-14(4-9-22(27)28)18-7-8-19-17-6-5-15-12-16(25)10-11-23(15,2)20(17)13-21(26)24(18,19)3/h14-21,25-26H,4-13H2,1-3H3,(H,27,28)/t14-,15+,16-,17+,18+,19-,20-,21+,23+,24+/m1/s1. The number of rotatable bonds is 4. The van der Waals surface area contributed by atoms with Gasteiger partial charge in [0.05, 0.1) is 12.2 Å². The second-order valence-electron chi connectivity index (χ2n) is 11.3. The Hall–Kier alpha value is -0.610. The summed E-state index contributed by atoms with van der Waals surface area (Å²) in [5, 5.41) is 30.8. The summed E-state index contributed by atoms with van der Waals surface area (Å²) in [6.45, 7) is 6.99. The van der Waals surface area contributed by atoms with Crippen molar-refractivity contribution in [1.29, 1.82) is 0 Å². The minimum absolute atomic E-state index is 0.0591. The highest BCUT2D eigenvalue weighted by Crippen LogP contribution is 2.68. The predicted molar refractivity (Wildman–Crippen MR) is 109 cm³/mol. The fourth-order valence-electron chi connectivity index (χ4n) is 8.71. The molecule has 4 rings (SSSR count). The van der Waals surface area contributed by atoms with Crippen molar-refractivity contribution in [3.05, 3.63) is 0 Å². The molecule has 0 heterocycles. The zero-order chi connectivity index (χ0) is 20.3. The van der Waals surface area contributed by atoms with Gasteiger partial charge in [-0.1, -0.05) is 20.8 Å². The van der Waals surface area contributed by atoms with E-state index in [1.54, 1.807) is 0 Å². The Bertz CT molecular complexity index is 605. The molecule has 28 heavy (non-hydrogen) atoms. The van der Waals surface area contributed by atoms with Crippen molar-refractivity contribution in [2.75, 3.05) is 0 Å². The van der Waals surface area contributed by atoms with Crippen molar-refractivity contribution in [3.63, 3.8) is 0 Å². The number of carboxylic acids is 1. The lowest BCUT2D eigenvalue weighted by atomic mass is 9.43. The van der Waals surface area contributed by atoms with Crippen molar-refractivity contribution in [1.82, 2.24) is 0 Å². The average molecular weight is 393 g/mol. The SMILES string of the molecule is C[C@H](CCC(=O)O)[C@@H]1CC[C@@H]2[C@@H]3CC[C@H]4C[C@H](O)CC[C@]4(C)[C@@H]3C[C@H](O)[C@]21C. The molecule has 10 atom stereocenters. The molecule has 3 N–H and O–H groups in total. The van der Waals surface area contributed by atoms with Gasteiger partial charge in [0.25, 0.3) is 0 Å². The Labute approximate surface area is 170 Å². The molecule has 4 fully saturated rings. The van der Waals surface area contributed by atoms with E-state index in [1.165, 1.54) is 19.3 Å². The van der Waals surface area contributed by atoms with Crippen LogP contribution < -0.4 is 0 Å². The normalized spacial score (nSPS) is 51.7. The molecule has 4 aliphatic rings. The highest BCUT2D eigenvalue weighted by molar-refractivity contribution is 5.66. The third-order valence-electron chi connectivity index (χ3n) is 10.3. The number of hydrogen-bond donors (Lipinski definition) is 3. The largest absolute Gasteiger partial charge is 0.481 e. The minimum atomic E-state index is -0.707. The molecule has 0 spiro atoms. The van der Waals surface area contributed by atoms with Crippen LogP contribution in [0.5, 0.6) is 0 Å². The molecule has 0 unspecified atom stereocenters. The van der Waals surface area contributed by atoms with Gasteiger partial charge in [-0.05, 0) is 104 Å². The second-order valence-corrected chi connectivity index (χ2v) is 11.3. The Morgan fingerprint density at radius 2 is 1.79 bits per heavy atom. The zero-order valence-corrected chi connectivity index (χ0v) is 17.9. The quantitative estimate of drug-likeness (QED) is 0.659. The molecule has 0 bridgehead atoms. The number of hydrogen-bond acceptors (Lipinski definition) is 3. The number of carbonyl (C=O) groups is 1. The van der Waals surface area contributed by atoms with Gasteiger partial charge in [-0.2, -0.15) is 0 Å². The third-order valence-corrected chi connectivity index (χ3v) is 10.3. The summed E-state index contributed by atoms with van der Waals surface area (Å²) in [6.07, 6.45) is 9.26. The fraction of sp³-hybridized carbons (Fsp3) is 0.958. The molecule has 0 aromatic rings. The van der Waals surface area contributed by atoms with E-state index in [9.17, 15) is 15.0 Å². The summed E-state index contributed by atoms with van der Waals surface area (Å²) in [7, 11) is 0. The molecular weight excluding hydrogens is 352 g/mol. The zero-order valence-electron chi connectivity index (χ0n) is 17.9. The smallest absolute Gasteiger partial charge is 0.303 e. The van der Waals surface area contributed by atoms with Crippen LogP contribution in [0.15, 0.2) is 0 Å². The molecule has 0 radical (unpaired) electrons. The molecule has 0 saturated heterocycles. The highest BCUT2D eigenvalue weighted by Gasteiger charge is 2.63. The molecule has 0 amide bonds. The van der Waals surface area contributed by atoms with Crippen LogP contribution in [0.1, 0.15) is 85.0 Å². The highest BCUT2D eigenvalue weighted by atomic mass is 16.4. The maximum Gasteiger partial charge on any atom is 0.303 e. The van der Waals surface area contributed by atoms with Gasteiger partial charge in [0.2, 0.25) is 0 Å². The van der Waals surface area contributed by atoms with Crippen LogP contribution in [0.2, 0.25) is 0 Å². The monoisotopic (exact) mass is 392 g/mol. The summed E-state index contributed by atoms with van der Waals surface area (Å²) in [4.78, 5) is 11.1. The predicted octanol–water partition coefficient (Wildman–Crippen LogP) is 4.48. The van der Waals surface area contributed by atoms with Crippen molar-refractivity contribution < 1.29 is 20.1 Å². The van der Waals surface area contributed by atoms with Crippen LogP contribution in [0.25, 0.3) is 0 Å². The van der Waals surface area contributed by atoms with E-state index in [2.05, 4.69) is 20.8 Å². The fourth-order valence-corrected chi connectivity index (χ4v) is 8.71. The molecule has 4 heteroatoms. The van der Waals surface area contributed by atoms with Crippen LogP contribution >= 0.6 is 0 Å². The first-order valence-electron chi connectivity index (χ1n) is 11.8. The number of aliphatic hydroxyl groups is 2. The van der Waals surface area contributed by atoms with Crippen LogP contribution in [0, 0.1) is 46.3 Å². The molecule has 0 aromatic heterocycles.